The van der Waals surface area contributed by atoms with Crippen LogP contribution in [0.15, 0.2) is 9.59 Å². The van der Waals surface area contributed by atoms with Crippen LogP contribution in [0, 0.1) is 17.2 Å². The number of likely N-dealkylation sites (tertiary alicyclic amines) is 1. The lowest BCUT2D eigenvalue weighted by atomic mass is 9.99. The Hall–Kier alpha value is -2.07. The fourth-order valence-electron chi connectivity index (χ4n) is 2.95. The van der Waals surface area contributed by atoms with Crippen LogP contribution in [-0.4, -0.2) is 40.2 Å². The van der Waals surface area contributed by atoms with Gasteiger partial charge in [-0.25, -0.2) is 4.79 Å². The molecule has 1 aliphatic heterocycles. The summed E-state index contributed by atoms with van der Waals surface area (Å²) in [5, 5.41) is 12.3. The van der Waals surface area contributed by atoms with Gasteiger partial charge in [-0.2, -0.15) is 5.26 Å². The van der Waals surface area contributed by atoms with E-state index in [9.17, 15) is 14.9 Å². The fraction of sp³-hybridized carbons (Fsp3) is 0.688. The molecule has 0 aromatic carbocycles. The number of nitriles is 1. The number of aromatic nitrogens is 2. The molecule has 2 rings (SSSR count). The Morgan fingerprint density at radius 3 is 2.48 bits per heavy atom. The van der Waals surface area contributed by atoms with Crippen molar-refractivity contribution in [2.24, 2.45) is 20.0 Å². The topological polar surface area (TPSA) is 83.1 Å². The Bertz CT molecular complexity index is 705. The summed E-state index contributed by atoms with van der Waals surface area (Å²) in [4.78, 5) is 26.4. The molecule has 126 valence electrons. The fourth-order valence-corrected chi connectivity index (χ4v) is 2.95. The van der Waals surface area contributed by atoms with Crippen LogP contribution in [0.25, 0.3) is 0 Å². The molecule has 0 amide bonds. The van der Waals surface area contributed by atoms with Gasteiger partial charge in [-0.05, 0) is 44.8 Å². The third-order valence-electron chi connectivity index (χ3n) is 4.60. The molecule has 1 fully saturated rings. The first-order valence-electron chi connectivity index (χ1n) is 8.12. The smallest absolute Gasteiger partial charge is 0.332 e. The highest BCUT2D eigenvalue weighted by Gasteiger charge is 2.16. The summed E-state index contributed by atoms with van der Waals surface area (Å²) in [6.07, 6.45) is 3.40. The molecule has 1 saturated heterocycles. The Kier molecular flexibility index (Phi) is 5.61. The van der Waals surface area contributed by atoms with E-state index in [2.05, 4.69) is 17.1 Å². The van der Waals surface area contributed by atoms with E-state index < -0.39 is 11.2 Å². The van der Waals surface area contributed by atoms with Gasteiger partial charge in [0, 0.05) is 20.6 Å². The first-order valence-corrected chi connectivity index (χ1v) is 8.12. The lowest BCUT2D eigenvalue weighted by Gasteiger charge is -2.30. The van der Waals surface area contributed by atoms with Gasteiger partial charge in [0.25, 0.3) is 5.56 Å². The molecule has 1 N–H and O–H groups in total. The average molecular weight is 319 g/mol. The molecule has 7 heteroatoms. The summed E-state index contributed by atoms with van der Waals surface area (Å²) in [6, 6.07) is 1.90. The number of piperidine rings is 1. The predicted octanol–water partition coefficient (Wildman–Crippen LogP) is 0.490. The minimum absolute atomic E-state index is 0.0126. The molecule has 7 nitrogen and oxygen atoms in total. The van der Waals surface area contributed by atoms with Gasteiger partial charge in [-0.3, -0.25) is 13.9 Å². The van der Waals surface area contributed by atoms with E-state index in [1.807, 2.05) is 6.07 Å². The van der Waals surface area contributed by atoms with Crippen molar-refractivity contribution in [3.8, 4) is 6.07 Å². The molecular weight excluding hydrogens is 294 g/mol. The molecular formula is C16H25N5O2. The van der Waals surface area contributed by atoms with Gasteiger partial charge < -0.3 is 10.2 Å². The maximum Gasteiger partial charge on any atom is 0.332 e. The molecule has 0 unspecified atom stereocenters. The molecule has 1 aromatic heterocycles. The molecule has 0 bridgehead atoms. The summed E-state index contributed by atoms with van der Waals surface area (Å²) in [5.41, 5.74) is -0.994. The van der Waals surface area contributed by atoms with Crippen LogP contribution in [-0.2, 0) is 14.1 Å². The summed E-state index contributed by atoms with van der Waals surface area (Å²) >= 11 is 0. The minimum atomic E-state index is -0.553. The van der Waals surface area contributed by atoms with E-state index >= 15 is 0 Å². The maximum absolute atomic E-state index is 12.0. The Labute approximate surface area is 136 Å². The number of hydrogen-bond donors (Lipinski definition) is 1. The number of hydrogen-bond acceptors (Lipinski definition) is 5. The first-order chi connectivity index (χ1) is 11.0. The molecule has 23 heavy (non-hydrogen) atoms. The van der Waals surface area contributed by atoms with Crippen LogP contribution in [0.4, 0.5) is 5.82 Å². The first kappa shape index (κ1) is 17.3. The van der Waals surface area contributed by atoms with Crippen molar-refractivity contribution >= 4 is 5.82 Å². The van der Waals surface area contributed by atoms with Gasteiger partial charge in [0.1, 0.15) is 11.9 Å². The number of rotatable bonds is 5. The summed E-state index contributed by atoms with van der Waals surface area (Å²) in [6.45, 7) is 6.17. The van der Waals surface area contributed by atoms with Gasteiger partial charge in [0.15, 0.2) is 5.56 Å². The Balaban J connectivity index is 1.97. The third kappa shape index (κ3) is 3.82. The normalized spacial score (nSPS) is 16.3. The van der Waals surface area contributed by atoms with Crippen molar-refractivity contribution in [1.29, 1.82) is 5.26 Å². The molecule has 0 aliphatic carbocycles. The Morgan fingerprint density at radius 2 is 1.87 bits per heavy atom. The SMILES string of the molecule is CC1CCN(CCCNc2c(C#N)c(=O)n(C)c(=O)n2C)CC1. The molecule has 2 heterocycles. The van der Waals surface area contributed by atoms with Gasteiger partial charge in [-0.15, -0.1) is 0 Å². The molecule has 1 aliphatic rings. The zero-order valence-corrected chi connectivity index (χ0v) is 14.1. The largest absolute Gasteiger partial charge is 0.370 e. The van der Waals surface area contributed by atoms with Crippen molar-refractivity contribution in [1.82, 2.24) is 14.0 Å². The van der Waals surface area contributed by atoms with E-state index in [4.69, 9.17) is 0 Å². The van der Waals surface area contributed by atoms with Crippen molar-refractivity contribution in [2.45, 2.75) is 26.2 Å². The number of anilines is 1. The van der Waals surface area contributed by atoms with Crippen LogP contribution in [0.3, 0.4) is 0 Å². The van der Waals surface area contributed by atoms with Gasteiger partial charge >= 0.3 is 5.69 Å². The van der Waals surface area contributed by atoms with Crippen molar-refractivity contribution < 1.29 is 0 Å². The second-order valence-corrected chi connectivity index (χ2v) is 6.35. The maximum atomic E-state index is 12.0. The zero-order valence-electron chi connectivity index (χ0n) is 14.1. The molecule has 0 saturated carbocycles. The van der Waals surface area contributed by atoms with Crippen molar-refractivity contribution in [2.75, 3.05) is 31.5 Å². The lowest BCUT2D eigenvalue weighted by Crippen LogP contribution is -2.40. The van der Waals surface area contributed by atoms with Crippen molar-refractivity contribution in [3.05, 3.63) is 26.4 Å². The van der Waals surface area contributed by atoms with Gasteiger partial charge in [-0.1, -0.05) is 6.92 Å². The van der Waals surface area contributed by atoms with Crippen LogP contribution >= 0.6 is 0 Å². The van der Waals surface area contributed by atoms with E-state index in [1.54, 1.807) is 7.05 Å². The third-order valence-corrected chi connectivity index (χ3v) is 4.60. The molecule has 0 atom stereocenters. The van der Waals surface area contributed by atoms with Gasteiger partial charge in [0.05, 0.1) is 0 Å². The zero-order chi connectivity index (χ0) is 17.0. The van der Waals surface area contributed by atoms with E-state index in [0.29, 0.717) is 12.4 Å². The van der Waals surface area contributed by atoms with Crippen LogP contribution in [0.2, 0.25) is 0 Å². The monoisotopic (exact) mass is 319 g/mol. The van der Waals surface area contributed by atoms with Crippen molar-refractivity contribution in [3.63, 3.8) is 0 Å². The highest BCUT2D eigenvalue weighted by atomic mass is 16.2. The second-order valence-electron chi connectivity index (χ2n) is 6.35. The quantitative estimate of drug-likeness (QED) is 0.799. The molecule has 0 spiro atoms. The summed E-state index contributed by atoms with van der Waals surface area (Å²) in [7, 11) is 2.95. The summed E-state index contributed by atoms with van der Waals surface area (Å²) in [5.74, 6) is 1.13. The second kappa shape index (κ2) is 7.47. The van der Waals surface area contributed by atoms with Gasteiger partial charge in [0.2, 0.25) is 0 Å². The van der Waals surface area contributed by atoms with E-state index in [-0.39, 0.29) is 5.56 Å². The van der Waals surface area contributed by atoms with Crippen LogP contribution in [0.1, 0.15) is 31.7 Å². The van der Waals surface area contributed by atoms with Crippen LogP contribution in [0.5, 0.6) is 0 Å². The Morgan fingerprint density at radius 1 is 1.22 bits per heavy atom. The highest BCUT2D eigenvalue weighted by Crippen LogP contribution is 2.16. The molecule has 0 radical (unpaired) electrons. The summed E-state index contributed by atoms with van der Waals surface area (Å²) < 4.78 is 2.28. The highest BCUT2D eigenvalue weighted by molar-refractivity contribution is 5.51. The lowest BCUT2D eigenvalue weighted by molar-refractivity contribution is 0.192. The predicted molar refractivity (Wildman–Crippen MR) is 89.6 cm³/mol. The average Bonchev–Trinajstić information content (AvgIpc) is 2.55. The number of nitrogens with zero attached hydrogens (tertiary/aromatic N) is 4. The minimum Gasteiger partial charge on any atom is -0.370 e. The standard InChI is InChI=1S/C16H25N5O2/c1-12-5-9-21(10-6-12)8-4-7-18-14-13(11-17)15(22)20(3)16(23)19(14)2/h12,18H,4-10H2,1-3H3. The van der Waals surface area contributed by atoms with E-state index in [1.165, 1.54) is 24.5 Å². The molecule has 1 aromatic rings. The van der Waals surface area contributed by atoms with E-state index in [0.717, 1.165) is 36.5 Å². The van der Waals surface area contributed by atoms with Crippen LogP contribution < -0.4 is 16.6 Å². The number of nitrogens with one attached hydrogen (secondary N) is 1.